The maximum atomic E-state index is 4.29. The van der Waals surface area contributed by atoms with Crippen molar-refractivity contribution in [1.29, 1.82) is 0 Å². The van der Waals surface area contributed by atoms with Crippen molar-refractivity contribution in [2.75, 3.05) is 13.6 Å². The minimum atomic E-state index is 0.995. The van der Waals surface area contributed by atoms with Crippen LogP contribution in [0, 0.1) is 6.92 Å². The van der Waals surface area contributed by atoms with Crippen LogP contribution >= 0.6 is 11.3 Å². The van der Waals surface area contributed by atoms with Crippen LogP contribution in [-0.2, 0) is 19.3 Å². The quantitative estimate of drug-likeness (QED) is 0.790. The van der Waals surface area contributed by atoms with Crippen molar-refractivity contribution in [2.24, 2.45) is 0 Å². The minimum absolute atomic E-state index is 0.995. The van der Waals surface area contributed by atoms with Crippen molar-refractivity contribution in [3.8, 4) is 0 Å². The molecule has 2 aromatic rings. The molecule has 0 bridgehead atoms. The lowest BCUT2D eigenvalue weighted by atomic mass is 10.0. The van der Waals surface area contributed by atoms with E-state index in [1.807, 2.05) is 7.05 Å². The Morgan fingerprint density at radius 2 is 1.79 bits per heavy atom. The molecule has 0 unspecified atom stereocenters. The maximum Gasteiger partial charge on any atom is 0.117 e. The molecular formula is C15H21N3S. The van der Waals surface area contributed by atoms with Gasteiger partial charge in [0.05, 0.1) is 0 Å². The molecule has 19 heavy (non-hydrogen) atoms. The van der Waals surface area contributed by atoms with Crippen LogP contribution < -0.4 is 5.32 Å². The van der Waals surface area contributed by atoms with Crippen LogP contribution in [0.5, 0.6) is 0 Å². The van der Waals surface area contributed by atoms with Gasteiger partial charge in [-0.25, -0.2) is 0 Å². The number of aromatic nitrogens is 2. The zero-order valence-corrected chi connectivity index (χ0v) is 12.5. The average molecular weight is 275 g/mol. The van der Waals surface area contributed by atoms with Crippen molar-refractivity contribution in [1.82, 2.24) is 15.5 Å². The first-order valence-electron chi connectivity index (χ1n) is 6.80. The van der Waals surface area contributed by atoms with E-state index >= 15 is 0 Å². The lowest BCUT2D eigenvalue weighted by molar-refractivity contribution is 0.717. The first-order valence-corrected chi connectivity index (χ1v) is 7.61. The number of nitrogens with zero attached hydrogens (tertiary/aromatic N) is 2. The molecule has 0 aliphatic rings. The maximum absolute atomic E-state index is 4.29. The molecule has 0 saturated carbocycles. The van der Waals surface area contributed by atoms with Crippen molar-refractivity contribution in [3.63, 3.8) is 0 Å². The lowest BCUT2D eigenvalue weighted by Gasteiger charge is -2.02. The molecular weight excluding hydrogens is 254 g/mol. The Kier molecular flexibility index (Phi) is 5.48. The van der Waals surface area contributed by atoms with Gasteiger partial charge >= 0.3 is 0 Å². The Balaban J connectivity index is 1.85. The highest BCUT2D eigenvalue weighted by molar-refractivity contribution is 7.11. The topological polar surface area (TPSA) is 37.8 Å². The SMILES string of the molecule is CNCCCc1nnc(CCc2ccccc2C)s1. The van der Waals surface area contributed by atoms with Crippen LogP contribution in [0.25, 0.3) is 0 Å². The number of benzene rings is 1. The van der Waals surface area contributed by atoms with E-state index in [4.69, 9.17) is 0 Å². The number of hydrogen-bond donors (Lipinski definition) is 1. The highest BCUT2D eigenvalue weighted by Crippen LogP contribution is 2.15. The summed E-state index contributed by atoms with van der Waals surface area (Å²) in [5, 5.41) is 14.0. The highest BCUT2D eigenvalue weighted by atomic mass is 32.1. The van der Waals surface area contributed by atoms with Crippen LogP contribution in [0.1, 0.15) is 27.6 Å². The largest absolute Gasteiger partial charge is 0.320 e. The second kappa shape index (κ2) is 7.36. The third kappa shape index (κ3) is 4.40. The zero-order chi connectivity index (χ0) is 13.5. The fraction of sp³-hybridized carbons (Fsp3) is 0.467. The summed E-state index contributed by atoms with van der Waals surface area (Å²) in [6.45, 7) is 3.21. The third-order valence-electron chi connectivity index (χ3n) is 3.20. The van der Waals surface area contributed by atoms with E-state index in [0.29, 0.717) is 0 Å². The Morgan fingerprint density at radius 3 is 2.53 bits per heavy atom. The van der Waals surface area contributed by atoms with Crippen LogP contribution in [0.4, 0.5) is 0 Å². The van der Waals surface area contributed by atoms with Crippen LogP contribution in [-0.4, -0.2) is 23.8 Å². The molecule has 0 amide bonds. The zero-order valence-electron chi connectivity index (χ0n) is 11.6. The van der Waals surface area contributed by atoms with E-state index in [1.165, 1.54) is 11.1 Å². The van der Waals surface area contributed by atoms with Crippen molar-refractivity contribution in [2.45, 2.75) is 32.6 Å². The Bertz CT molecular complexity index is 508. The summed E-state index contributed by atoms with van der Waals surface area (Å²) in [6, 6.07) is 8.55. The van der Waals surface area contributed by atoms with Gasteiger partial charge in [0.1, 0.15) is 10.0 Å². The number of rotatable bonds is 7. The summed E-state index contributed by atoms with van der Waals surface area (Å²) >= 11 is 1.76. The van der Waals surface area contributed by atoms with Gasteiger partial charge in [0, 0.05) is 12.8 Å². The third-order valence-corrected chi connectivity index (χ3v) is 4.24. The van der Waals surface area contributed by atoms with Gasteiger partial charge in [-0.3, -0.25) is 0 Å². The summed E-state index contributed by atoms with van der Waals surface area (Å²) in [7, 11) is 1.98. The van der Waals surface area contributed by atoms with Gasteiger partial charge in [0.2, 0.25) is 0 Å². The van der Waals surface area contributed by atoms with Gasteiger partial charge in [-0.15, -0.1) is 21.5 Å². The predicted octanol–water partition coefficient (Wildman–Crippen LogP) is 2.78. The second-order valence-electron chi connectivity index (χ2n) is 4.72. The minimum Gasteiger partial charge on any atom is -0.320 e. The molecule has 4 heteroatoms. The molecule has 1 aromatic carbocycles. The van der Waals surface area contributed by atoms with Crippen molar-refractivity contribution >= 4 is 11.3 Å². The van der Waals surface area contributed by atoms with Crippen LogP contribution in [0.15, 0.2) is 24.3 Å². The Labute approximate surface area is 119 Å². The van der Waals surface area contributed by atoms with Crippen molar-refractivity contribution in [3.05, 3.63) is 45.4 Å². The normalized spacial score (nSPS) is 10.8. The van der Waals surface area contributed by atoms with Gasteiger partial charge in [0.25, 0.3) is 0 Å². The molecule has 0 radical (unpaired) electrons. The van der Waals surface area contributed by atoms with E-state index in [1.54, 1.807) is 11.3 Å². The number of aryl methyl sites for hydroxylation is 4. The molecule has 1 heterocycles. The average Bonchev–Trinajstić information content (AvgIpc) is 2.86. The monoisotopic (exact) mass is 275 g/mol. The summed E-state index contributed by atoms with van der Waals surface area (Å²) < 4.78 is 0. The smallest absolute Gasteiger partial charge is 0.117 e. The summed E-state index contributed by atoms with van der Waals surface area (Å²) in [5.41, 5.74) is 2.77. The molecule has 0 aliphatic carbocycles. The summed E-state index contributed by atoms with van der Waals surface area (Å²) in [4.78, 5) is 0. The lowest BCUT2D eigenvalue weighted by Crippen LogP contribution is -2.08. The molecule has 0 saturated heterocycles. The molecule has 0 aliphatic heterocycles. The fourth-order valence-corrected chi connectivity index (χ4v) is 2.92. The molecule has 102 valence electrons. The molecule has 2 rings (SSSR count). The van der Waals surface area contributed by atoms with Gasteiger partial charge in [-0.1, -0.05) is 24.3 Å². The number of nitrogens with one attached hydrogen (secondary N) is 1. The van der Waals surface area contributed by atoms with Gasteiger partial charge < -0.3 is 5.32 Å². The number of hydrogen-bond acceptors (Lipinski definition) is 4. The van der Waals surface area contributed by atoms with Crippen LogP contribution in [0.2, 0.25) is 0 Å². The molecule has 1 aromatic heterocycles. The fourth-order valence-electron chi connectivity index (χ4n) is 2.04. The van der Waals surface area contributed by atoms with Crippen molar-refractivity contribution < 1.29 is 0 Å². The van der Waals surface area contributed by atoms with E-state index in [-0.39, 0.29) is 0 Å². The molecule has 1 N–H and O–H groups in total. The van der Waals surface area contributed by atoms with E-state index < -0.39 is 0 Å². The molecule has 0 spiro atoms. The Hall–Kier alpha value is -1.26. The first-order chi connectivity index (χ1) is 9.29. The highest BCUT2D eigenvalue weighted by Gasteiger charge is 2.05. The summed E-state index contributed by atoms with van der Waals surface area (Å²) in [6.07, 6.45) is 4.21. The van der Waals surface area contributed by atoms with Gasteiger partial charge in [-0.05, 0) is 44.5 Å². The van der Waals surface area contributed by atoms with E-state index in [0.717, 1.165) is 42.2 Å². The Morgan fingerprint density at radius 1 is 1.05 bits per heavy atom. The van der Waals surface area contributed by atoms with Crippen LogP contribution in [0.3, 0.4) is 0 Å². The van der Waals surface area contributed by atoms with E-state index in [2.05, 4.69) is 46.7 Å². The predicted molar refractivity (Wildman–Crippen MR) is 80.7 cm³/mol. The van der Waals surface area contributed by atoms with E-state index in [9.17, 15) is 0 Å². The standard InChI is InChI=1S/C15H21N3S/c1-12-6-3-4-7-13(12)9-10-15-18-17-14(19-15)8-5-11-16-2/h3-4,6-7,16H,5,8-11H2,1-2H3. The molecule has 0 atom stereocenters. The first kappa shape index (κ1) is 14.2. The van der Waals surface area contributed by atoms with Gasteiger partial charge in [-0.2, -0.15) is 0 Å². The summed E-state index contributed by atoms with van der Waals surface area (Å²) in [5.74, 6) is 0. The molecule has 0 fully saturated rings. The van der Waals surface area contributed by atoms with Gasteiger partial charge in [0.15, 0.2) is 0 Å². The molecule has 3 nitrogen and oxygen atoms in total. The second-order valence-corrected chi connectivity index (χ2v) is 5.87.